The van der Waals surface area contributed by atoms with Gasteiger partial charge in [0.25, 0.3) is 11.8 Å². The average molecular weight is 455 g/mol. The van der Waals surface area contributed by atoms with Crippen molar-refractivity contribution in [1.29, 1.82) is 0 Å². The molecule has 0 saturated carbocycles. The fourth-order valence-electron chi connectivity index (χ4n) is 2.92. The minimum absolute atomic E-state index is 0.0586. The smallest absolute Gasteiger partial charge is 0.264 e. The Bertz CT molecular complexity index is 807. The van der Waals surface area contributed by atoms with Crippen LogP contribution in [0, 0.1) is 0 Å². The number of halogens is 1. The molecule has 5 amide bonds. The minimum Gasteiger partial charge on any atom is -0.325 e. The fourth-order valence-corrected chi connectivity index (χ4v) is 3.41. The Morgan fingerprint density at radius 2 is 2.00 bits per heavy atom. The van der Waals surface area contributed by atoms with Crippen LogP contribution in [-0.2, 0) is 14.4 Å². The van der Waals surface area contributed by atoms with Crippen molar-refractivity contribution in [2.45, 2.75) is 25.3 Å². The SMILES string of the molecule is O=C1CCC(N2C(=O)c3cccc(NC(=O)CCI)c3C2=O)C(=O)N1. The van der Waals surface area contributed by atoms with Crippen LogP contribution in [0.15, 0.2) is 18.2 Å². The number of piperidine rings is 1. The zero-order valence-electron chi connectivity index (χ0n) is 13.0. The first kappa shape index (κ1) is 17.5. The highest BCUT2D eigenvalue weighted by atomic mass is 127. The predicted octanol–water partition coefficient (Wildman–Crippen LogP) is 0.851. The van der Waals surface area contributed by atoms with E-state index < -0.39 is 29.7 Å². The molecule has 25 heavy (non-hydrogen) atoms. The largest absolute Gasteiger partial charge is 0.325 e. The van der Waals surface area contributed by atoms with Gasteiger partial charge in [-0.25, -0.2) is 0 Å². The van der Waals surface area contributed by atoms with E-state index in [0.29, 0.717) is 4.43 Å². The number of fused-ring (bicyclic) bond motifs is 1. The first-order valence-corrected chi connectivity index (χ1v) is 9.17. The van der Waals surface area contributed by atoms with Crippen molar-refractivity contribution in [1.82, 2.24) is 10.2 Å². The van der Waals surface area contributed by atoms with Crippen LogP contribution in [0.25, 0.3) is 0 Å². The lowest BCUT2D eigenvalue weighted by Crippen LogP contribution is -2.54. The molecule has 1 aromatic carbocycles. The second kappa shape index (κ2) is 6.90. The minimum atomic E-state index is -1.03. The van der Waals surface area contributed by atoms with Gasteiger partial charge in [0.2, 0.25) is 17.7 Å². The van der Waals surface area contributed by atoms with Crippen molar-refractivity contribution in [3.8, 4) is 0 Å². The normalized spacial score (nSPS) is 19.7. The maximum Gasteiger partial charge on any atom is 0.264 e. The molecule has 1 fully saturated rings. The topological polar surface area (TPSA) is 113 Å². The van der Waals surface area contributed by atoms with Gasteiger partial charge in [0.05, 0.1) is 16.8 Å². The third-order valence-corrected chi connectivity index (χ3v) is 4.60. The number of nitrogens with one attached hydrogen (secondary N) is 2. The third kappa shape index (κ3) is 3.15. The highest BCUT2D eigenvalue weighted by molar-refractivity contribution is 14.1. The number of imide groups is 2. The van der Waals surface area contributed by atoms with Crippen LogP contribution in [0.5, 0.6) is 0 Å². The van der Waals surface area contributed by atoms with Gasteiger partial charge in [0.1, 0.15) is 6.04 Å². The molecule has 2 aliphatic heterocycles. The van der Waals surface area contributed by atoms with Crippen LogP contribution in [-0.4, -0.2) is 44.9 Å². The summed E-state index contributed by atoms with van der Waals surface area (Å²) in [7, 11) is 0. The summed E-state index contributed by atoms with van der Waals surface area (Å²) < 4.78 is 0.619. The van der Waals surface area contributed by atoms with Gasteiger partial charge in [0, 0.05) is 17.3 Å². The van der Waals surface area contributed by atoms with E-state index in [1.54, 1.807) is 12.1 Å². The van der Waals surface area contributed by atoms with Gasteiger partial charge in [-0.2, -0.15) is 0 Å². The summed E-state index contributed by atoms with van der Waals surface area (Å²) in [4.78, 5) is 61.4. The molecule has 0 spiro atoms. The van der Waals surface area contributed by atoms with Crippen molar-refractivity contribution >= 4 is 57.8 Å². The molecule has 1 aromatic rings. The third-order valence-electron chi connectivity index (χ3n) is 4.06. The number of alkyl halides is 1. The Labute approximate surface area is 156 Å². The number of anilines is 1. The number of rotatable bonds is 4. The Morgan fingerprint density at radius 3 is 2.68 bits per heavy atom. The van der Waals surface area contributed by atoms with Crippen molar-refractivity contribution in [3.05, 3.63) is 29.3 Å². The number of carbonyl (C=O) groups excluding carboxylic acids is 5. The van der Waals surface area contributed by atoms with E-state index in [1.165, 1.54) is 6.07 Å². The maximum atomic E-state index is 12.8. The summed E-state index contributed by atoms with van der Waals surface area (Å²) in [6, 6.07) is 3.57. The molecule has 2 aliphatic rings. The number of hydrogen-bond acceptors (Lipinski definition) is 5. The zero-order chi connectivity index (χ0) is 18.1. The average Bonchev–Trinajstić information content (AvgIpc) is 2.81. The van der Waals surface area contributed by atoms with Crippen LogP contribution in [0.4, 0.5) is 5.69 Å². The van der Waals surface area contributed by atoms with Crippen LogP contribution < -0.4 is 10.6 Å². The van der Waals surface area contributed by atoms with Gasteiger partial charge in [-0.05, 0) is 18.6 Å². The van der Waals surface area contributed by atoms with Crippen molar-refractivity contribution in [2.24, 2.45) is 0 Å². The molecule has 2 heterocycles. The number of carbonyl (C=O) groups is 5. The molecule has 0 radical (unpaired) electrons. The van der Waals surface area contributed by atoms with E-state index in [9.17, 15) is 24.0 Å². The molecule has 9 heteroatoms. The summed E-state index contributed by atoms with van der Waals surface area (Å²) in [5, 5.41) is 4.78. The molecule has 2 N–H and O–H groups in total. The van der Waals surface area contributed by atoms with Gasteiger partial charge >= 0.3 is 0 Å². The highest BCUT2D eigenvalue weighted by Crippen LogP contribution is 2.32. The molecule has 0 aliphatic carbocycles. The van der Waals surface area contributed by atoms with Gasteiger partial charge in [-0.15, -0.1) is 0 Å². The van der Waals surface area contributed by atoms with E-state index in [-0.39, 0.29) is 42.0 Å². The summed E-state index contributed by atoms with van der Waals surface area (Å²) in [5.74, 6) is -2.59. The van der Waals surface area contributed by atoms with Crippen LogP contribution in [0.3, 0.4) is 0 Å². The number of nitrogens with zero attached hydrogens (tertiary/aromatic N) is 1. The lowest BCUT2D eigenvalue weighted by molar-refractivity contribution is -0.136. The first-order valence-electron chi connectivity index (χ1n) is 7.64. The van der Waals surface area contributed by atoms with E-state index in [4.69, 9.17) is 0 Å². The maximum absolute atomic E-state index is 12.8. The van der Waals surface area contributed by atoms with Crippen molar-refractivity contribution < 1.29 is 24.0 Å². The molecule has 130 valence electrons. The van der Waals surface area contributed by atoms with Gasteiger partial charge in [0.15, 0.2) is 0 Å². The molecule has 3 rings (SSSR count). The molecule has 0 bridgehead atoms. The van der Waals surface area contributed by atoms with Crippen molar-refractivity contribution in [2.75, 3.05) is 9.74 Å². The van der Waals surface area contributed by atoms with E-state index in [1.807, 2.05) is 0 Å². The quantitative estimate of drug-likeness (QED) is 0.397. The fraction of sp³-hybridized carbons (Fsp3) is 0.312. The van der Waals surface area contributed by atoms with Crippen LogP contribution in [0.2, 0.25) is 0 Å². The van der Waals surface area contributed by atoms with Crippen LogP contribution >= 0.6 is 22.6 Å². The number of hydrogen-bond donors (Lipinski definition) is 2. The monoisotopic (exact) mass is 455 g/mol. The second-order valence-corrected chi connectivity index (χ2v) is 6.74. The molecular formula is C16H14IN3O5. The summed E-state index contributed by atoms with van der Waals surface area (Å²) in [6.07, 6.45) is 0.430. The summed E-state index contributed by atoms with van der Waals surface area (Å²) in [5.41, 5.74) is 0.474. The predicted molar refractivity (Wildman–Crippen MR) is 95.2 cm³/mol. The molecule has 8 nitrogen and oxygen atoms in total. The lowest BCUT2D eigenvalue weighted by atomic mass is 10.0. The lowest BCUT2D eigenvalue weighted by Gasteiger charge is -2.27. The number of benzene rings is 1. The Hall–Kier alpha value is -2.30. The molecule has 0 aromatic heterocycles. The standard InChI is InChI=1S/C16H14IN3O5/c17-7-6-12(22)18-9-3-1-2-8-13(9)16(25)20(15(8)24)10-4-5-11(21)19-14(10)23/h1-3,10H,4-7H2,(H,18,22)(H,19,21,23). The second-order valence-electron chi connectivity index (χ2n) is 5.66. The molecule has 1 unspecified atom stereocenters. The van der Waals surface area contributed by atoms with Crippen molar-refractivity contribution in [3.63, 3.8) is 0 Å². The summed E-state index contributed by atoms with van der Waals surface area (Å²) >= 11 is 2.06. The molecular weight excluding hydrogens is 441 g/mol. The zero-order valence-corrected chi connectivity index (χ0v) is 15.2. The number of amides is 5. The Kier molecular flexibility index (Phi) is 4.84. The van der Waals surface area contributed by atoms with E-state index in [0.717, 1.165) is 4.90 Å². The van der Waals surface area contributed by atoms with Gasteiger partial charge in [-0.1, -0.05) is 28.7 Å². The highest BCUT2D eigenvalue weighted by Gasteiger charge is 2.45. The van der Waals surface area contributed by atoms with Gasteiger partial charge in [-0.3, -0.25) is 34.2 Å². The Balaban J connectivity index is 1.93. The molecule has 1 atom stereocenters. The molecule has 1 saturated heterocycles. The first-order chi connectivity index (χ1) is 11.9. The summed E-state index contributed by atoms with van der Waals surface area (Å²) in [6.45, 7) is 0. The van der Waals surface area contributed by atoms with E-state index in [2.05, 4.69) is 33.2 Å². The van der Waals surface area contributed by atoms with Crippen LogP contribution in [0.1, 0.15) is 40.0 Å². The Morgan fingerprint density at radius 1 is 1.24 bits per heavy atom. The van der Waals surface area contributed by atoms with E-state index >= 15 is 0 Å². The van der Waals surface area contributed by atoms with Gasteiger partial charge < -0.3 is 5.32 Å².